The summed E-state index contributed by atoms with van der Waals surface area (Å²) in [5.74, 6) is 0. The van der Waals surface area contributed by atoms with Crippen LogP contribution in [0.1, 0.15) is 18.9 Å². The molecule has 0 fully saturated rings. The maximum absolute atomic E-state index is 9.43. The number of nitrogens with two attached hydrogens (primary N) is 1. The molecule has 1 atom stereocenters. The quantitative estimate of drug-likeness (QED) is 0.729. The topological polar surface area (TPSA) is 49.5 Å². The summed E-state index contributed by atoms with van der Waals surface area (Å²) in [6, 6.07) is 10.3. The van der Waals surface area contributed by atoms with Gasteiger partial charge in [0.05, 0.1) is 6.10 Å². The van der Waals surface area contributed by atoms with Gasteiger partial charge in [-0.15, -0.1) is 0 Å². The van der Waals surface area contributed by atoms with E-state index in [-0.39, 0.29) is 6.10 Å². The summed E-state index contributed by atoms with van der Waals surface area (Å²) in [4.78, 5) is 2.24. The van der Waals surface area contributed by atoms with E-state index in [0.717, 1.165) is 19.5 Å². The van der Waals surface area contributed by atoms with Crippen LogP contribution >= 0.6 is 0 Å². The van der Waals surface area contributed by atoms with Gasteiger partial charge in [-0.1, -0.05) is 30.3 Å². The molecule has 0 aliphatic heterocycles. The summed E-state index contributed by atoms with van der Waals surface area (Å²) in [6.07, 6.45) is 0.681. The SMILES string of the molecule is C[C@H](O)CN(CCCN)Cc1ccccc1. The van der Waals surface area contributed by atoms with E-state index in [4.69, 9.17) is 5.73 Å². The van der Waals surface area contributed by atoms with Crippen LogP contribution in [-0.4, -0.2) is 35.7 Å². The first-order chi connectivity index (χ1) is 7.72. The largest absolute Gasteiger partial charge is 0.392 e. The first-order valence-electron chi connectivity index (χ1n) is 5.86. The van der Waals surface area contributed by atoms with Crippen LogP contribution in [0.5, 0.6) is 0 Å². The van der Waals surface area contributed by atoms with Gasteiger partial charge in [0.2, 0.25) is 0 Å². The molecule has 3 nitrogen and oxygen atoms in total. The smallest absolute Gasteiger partial charge is 0.0639 e. The molecule has 0 saturated heterocycles. The van der Waals surface area contributed by atoms with Gasteiger partial charge in [-0.2, -0.15) is 0 Å². The Labute approximate surface area is 97.9 Å². The second kappa shape index (κ2) is 7.39. The number of hydrogen-bond donors (Lipinski definition) is 2. The highest BCUT2D eigenvalue weighted by atomic mass is 16.3. The highest BCUT2D eigenvalue weighted by molar-refractivity contribution is 5.14. The summed E-state index contributed by atoms with van der Waals surface area (Å²) in [6.45, 7) is 5.04. The Hall–Kier alpha value is -0.900. The summed E-state index contributed by atoms with van der Waals surface area (Å²) in [7, 11) is 0. The average molecular weight is 222 g/mol. The van der Waals surface area contributed by atoms with E-state index in [2.05, 4.69) is 17.0 Å². The minimum Gasteiger partial charge on any atom is -0.392 e. The van der Waals surface area contributed by atoms with Gasteiger partial charge in [0.1, 0.15) is 0 Å². The van der Waals surface area contributed by atoms with Crippen LogP contribution in [-0.2, 0) is 6.54 Å². The molecule has 3 heteroatoms. The molecule has 3 N–H and O–H groups in total. The van der Waals surface area contributed by atoms with Crippen molar-refractivity contribution in [1.29, 1.82) is 0 Å². The molecule has 1 rings (SSSR count). The van der Waals surface area contributed by atoms with Crippen LogP contribution in [0.15, 0.2) is 30.3 Å². The lowest BCUT2D eigenvalue weighted by Gasteiger charge is -2.23. The second-order valence-corrected chi connectivity index (χ2v) is 4.21. The average Bonchev–Trinajstić information content (AvgIpc) is 2.26. The first kappa shape index (κ1) is 13.2. The number of aliphatic hydroxyl groups is 1. The van der Waals surface area contributed by atoms with E-state index in [1.54, 1.807) is 0 Å². The van der Waals surface area contributed by atoms with Crippen LogP contribution in [0.3, 0.4) is 0 Å². The van der Waals surface area contributed by atoms with E-state index < -0.39 is 0 Å². The van der Waals surface area contributed by atoms with Crippen LogP contribution in [0.25, 0.3) is 0 Å². The van der Waals surface area contributed by atoms with Crippen molar-refractivity contribution in [2.45, 2.75) is 26.0 Å². The minimum absolute atomic E-state index is 0.290. The number of benzene rings is 1. The van der Waals surface area contributed by atoms with Gasteiger partial charge in [0, 0.05) is 13.1 Å². The second-order valence-electron chi connectivity index (χ2n) is 4.21. The van der Waals surface area contributed by atoms with Crippen molar-refractivity contribution >= 4 is 0 Å². The Morgan fingerprint density at radius 3 is 2.56 bits per heavy atom. The normalized spacial score (nSPS) is 13.0. The highest BCUT2D eigenvalue weighted by Crippen LogP contribution is 2.05. The van der Waals surface area contributed by atoms with E-state index in [0.29, 0.717) is 13.1 Å². The lowest BCUT2D eigenvalue weighted by atomic mass is 10.2. The predicted molar refractivity (Wildman–Crippen MR) is 67.1 cm³/mol. The van der Waals surface area contributed by atoms with E-state index in [1.165, 1.54) is 5.56 Å². The van der Waals surface area contributed by atoms with Gasteiger partial charge in [-0.25, -0.2) is 0 Å². The van der Waals surface area contributed by atoms with Gasteiger partial charge < -0.3 is 10.8 Å². The number of hydrogen-bond acceptors (Lipinski definition) is 3. The molecule has 0 amide bonds. The first-order valence-corrected chi connectivity index (χ1v) is 5.86. The Morgan fingerprint density at radius 2 is 2.00 bits per heavy atom. The fraction of sp³-hybridized carbons (Fsp3) is 0.538. The van der Waals surface area contributed by atoms with E-state index in [9.17, 15) is 5.11 Å². The molecule has 0 aliphatic rings. The van der Waals surface area contributed by atoms with Crippen molar-refractivity contribution in [2.24, 2.45) is 5.73 Å². The van der Waals surface area contributed by atoms with Crippen molar-refractivity contribution in [3.05, 3.63) is 35.9 Å². The monoisotopic (exact) mass is 222 g/mol. The third-order valence-electron chi connectivity index (χ3n) is 2.45. The van der Waals surface area contributed by atoms with Gasteiger partial charge in [-0.05, 0) is 32.0 Å². The van der Waals surface area contributed by atoms with Crippen LogP contribution in [0, 0.1) is 0 Å². The van der Waals surface area contributed by atoms with Gasteiger partial charge in [0.25, 0.3) is 0 Å². The lowest BCUT2D eigenvalue weighted by molar-refractivity contribution is 0.122. The number of aliphatic hydroxyl groups excluding tert-OH is 1. The fourth-order valence-electron chi connectivity index (χ4n) is 1.77. The zero-order valence-corrected chi connectivity index (χ0v) is 9.97. The molecular weight excluding hydrogens is 200 g/mol. The molecule has 1 aromatic rings. The summed E-state index contributed by atoms with van der Waals surface area (Å²) in [5, 5.41) is 9.43. The third-order valence-corrected chi connectivity index (χ3v) is 2.45. The molecular formula is C13H22N2O. The zero-order chi connectivity index (χ0) is 11.8. The molecule has 0 radical (unpaired) electrons. The molecule has 16 heavy (non-hydrogen) atoms. The number of rotatable bonds is 7. The molecule has 0 spiro atoms. The Balaban J connectivity index is 2.49. The van der Waals surface area contributed by atoms with Gasteiger partial charge in [-0.3, -0.25) is 4.90 Å². The van der Waals surface area contributed by atoms with Gasteiger partial charge in [0.15, 0.2) is 0 Å². The molecule has 0 unspecified atom stereocenters. The summed E-state index contributed by atoms with van der Waals surface area (Å²) < 4.78 is 0. The molecule has 0 heterocycles. The molecule has 90 valence electrons. The van der Waals surface area contributed by atoms with Crippen LogP contribution in [0.4, 0.5) is 0 Å². The van der Waals surface area contributed by atoms with Crippen molar-refractivity contribution in [1.82, 2.24) is 4.90 Å². The predicted octanol–water partition coefficient (Wildman–Crippen LogP) is 1.22. The van der Waals surface area contributed by atoms with Crippen molar-refractivity contribution in [2.75, 3.05) is 19.6 Å². The van der Waals surface area contributed by atoms with Crippen LogP contribution < -0.4 is 5.73 Å². The molecule has 0 aromatic heterocycles. The maximum Gasteiger partial charge on any atom is 0.0639 e. The molecule has 0 aliphatic carbocycles. The zero-order valence-electron chi connectivity index (χ0n) is 9.97. The maximum atomic E-state index is 9.43. The van der Waals surface area contributed by atoms with E-state index >= 15 is 0 Å². The molecule has 0 saturated carbocycles. The molecule has 1 aromatic carbocycles. The van der Waals surface area contributed by atoms with Crippen molar-refractivity contribution in [3.8, 4) is 0 Å². The third kappa shape index (κ3) is 5.26. The fourth-order valence-corrected chi connectivity index (χ4v) is 1.77. The van der Waals surface area contributed by atoms with Gasteiger partial charge >= 0.3 is 0 Å². The Bertz CT molecular complexity index is 275. The highest BCUT2D eigenvalue weighted by Gasteiger charge is 2.08. The standard InChI is InChI=1S/C13H22N2O/c1-12(16)10-15(9-5-8-14)11-13-6-3-2-4-7-13/h2-4,6-7,12,16H,5,8-11,14H2,1H3/t12-/m0/s1. The van der Waals surface area contributed by atoms with Crippen molar-refractivity contribution in [3.63, 3.8) is 0 Å². The molecule has 0 bridgehead atoms. The van der Waals surface area contributed by atoms with Crippen molar-refractivity contribution < 1.29 is 5.11 Å². The number of nitrogens with zero attached hydrogens (tertiary/aromatic N) is 1. The van der Waals surface area contributed by atoms with Crippen LogP contribution in [0.2, 0.25) is 0 Å². The lowest BCUT2D eigenvalue weighted by Crippen LogP contribution is -2.32. The Kier molecular flexibility index (Phi) is 6.08. The Morgan fingerprint density at radius 1 is 1.31 bits per heavy atom. The van der Waals surface area contributed by atoms with E-state index in [1.807, 2.05) is 25.1 Å². The minimum atomic E-state index is -0.290. The summed E-state index contributed by atoms with van der Waals surface area (Å²) >= 11 is 0. The summed E-state index contributed by atoms with van der Waals surface area (Å²) in [5.41, 5.74) is 6.79.